The number of halogens is 12. The van der Waals surface area contributed by atoms with Crippen molar-refractivity contribution < 1.29 is 106 Å². The average molecular weight is 788 g/mol. The monoisotopic (exact) mass is 788 g/mol. The van der Waals surface area contributed by atoms with E-state index in [0.29, 0.717) is 10.6 Å². The summed E-state index contributed by atoms with van der Waals surface area (Å²) in [6, 6.07) is 16.7. The largest absolute Gasteiger partial charge is 0.798 e. The van der Waals surface area contributed by atoms with Crippen molar-refractivity contribution in [3.63, 3.8) is 0 Å². The second kappa shape index (κ2) is 21.8. The minimum absolute atomic E-state index is 0.405. The van der Waals surface area contributed by atoms with Gasteiger partial charge in [-0.2, -0.15) is 0 Å². The third kappa shape index (κ3) is 23.3. The Kier molecular flexibility index (Phi) is 21.4. The standard InChI is InChI=1S/2C6H7O2P.4C2HF3O2.2Al/c2*7-9(8)6-4-2-1-3-5-6;4*3-2(4,5)1(6)7;;/h2*1-5,9H,(H,7,8);4*(H,6,7);;/q;;;;;;2*+3/p-6. The van der Waals surface area contributed by atoms with Gasteiger partial charge in [-0.3, -0.25) is 0 Å². The summed E-state index contributed by atoms with van der Waals surface area (Å²) in [5, 5.41) is 0.810. The van der Waals surface area contributed by atoms with Crippen molar-refractivity contribution in [3.05, 3.63) is 60.7 Å². The molecule has 0 fully saturated rings. The van der Waals surface area contributed by atoms with Crippen molar-refractivity contribution >= 4 is 82.3 Å². The number of rotatable bonds is 6. The van der Waals surface area contributed by atoms with E-state index in [2.05, 4.69) is 15.2 Å². The van der Waals surface area contributed by atoms with Crippen molar-refractivity contribution in [2.24, 2.45) is 0 Å². The molecule has 0 N–H and O–H groups in total. The van der Waals surface area contributed by atoms with E-state index in [-0.39, 0.29) is 0 Å². The van der Waals surface area contributed by atoms with Gasteiger partial charge in [0.05, 0.1) is 0 Å². The van der Waals surface area contributed by atoms with Crippen molar-refractivity contribution in [1.82, 2.24) is 0 Å². The quantitative estimate of drug-likeness (QED) is 0.235. The first kappa shape index (κ1) is 47.0. The Morgan fingerprint density at radius 1 is 0.458 bits per heavy atom. The van der Waals surface area contributed by atoms with E-state index >= 15 is 0 Å². The van der Waals surface area contributed by atoms with Crippen LogP contribution in [0.15, 0.2) is 60.7 Å². The number of hydrogen-bond acceptors (Lipinski definition) is 12. The van der Waals surface area contributed by atoms with Crippen molar-refractivity contribution in [1.29, 1.82) is 0 Å². The maximum Gasteiger partial charge on any atom is 0.0306 e. The number of benzene rings is 2. The first-order valence-corrected chi connectivity index (χ1v) is 15.5. The smallest absolute Gasteiger partial charge is 0.0306 e. The zero-order valence-electron chi connectivity index (χ0n) is 22.4. The molecule has 12 nitrogen and oxygen atoms in total. The molecule has 2 aromatic rings. The minimum Gasteiger partial charge on any atom is -0.798 e. The van der Waals surface area contributed by atoms with Crippen molar-refractivity contribution in [2.45, 2.75) is 24.7 Å². The molecule has 48 heavy (non-hydrogen) atoms. The summed E-state index contributed by atoms with van der Waals surface area (Å²) in [5.41, 5.74) is 0. The molecular formula is C20H12Al2F12O12P2. The molecule has 0 saturated carbocycles. The predicted molar refractivity (Wildman–Crippen MR) is 130 cm³/mol. The molecule has 0 aromatic heterocycles. The Hall–Kier alpha value is -3.08. The van der Waals surface area contributed by atoms with Crippen LogP contribution in [0, 0.1) is 0 Å². The van der Waals surface area contributed by atoms with Crippen LogP contribution in [0.3, 0.4) is 0 Å². The molecule has 2 rings (SSSR count). The summed E-state index contributed by atoms with van der Waals surface area (Å²) in [5.74, 6) is -10.9. The summed E-state index contributed by atoms with van der Waals surface area (Å²) in [7, 11) is -5.42. The Morgan fingerprint density at radius 3 is 0.771 bits per heavy atom. The number of alkyl halides is 12. The van der Waals surface area contributed by atoms with Gasteiger partial charge in [0.2, 0.25) is 0 Å². The summed E-state index contributed by atoms with van der Waals surface area (Å²) >= 11 is -4.98. The fourth-order valence-electron chi connectivity index (χ4n) is 1.64. The molecule has 0 aliphatic rings. The van der Waals surface area contributed by atoms with Crippen LogP contribution < -0.4 is 20.4 Å². The Morgan fingerprint density at radius 2 is 0.646 bits per heavy atom. The van der Waals surface area contributed by atoms with Gasteiger partial charge in [-0.25, -0.2) is 0 Å². The molecule has 264 valence electrons. The van der Waals surface area contributed by atoms with Gasteiger partial charge in [0.1, 0.15) is 0 Å². The van der Waals surface area contributed by atoms with Crippen LogP contribution in [-0.4, -0.2) is 80.4 Å². The van der Waals surface area contributed by atoms with Gasteiger partial charge in [0.25, 0.3) is 0 Å². The van der Waals surface area contributed by atoms with E-state index in [9.17, 15) is 90.8 Å². The van der Waals surface area contributed by atoms with Gasteiger partial charge < -0.3 is 18.9 Å². The van der Waals surface area contributed by atoms with Gasteiger partial charge >= 0.3 is 167 Å². The zero-order valence-corrected chi connectivity index (χ0v) is 26.7. The van der Waals surface area contributed by atoms with E-state index in [4.69, 9.17) is 0 Å². The predicted octanol–water partition coefficient (Wildman–Crippen LogP) is 1.76. The van der Waals surface area contributed by atoms with E-state index in [1.807, 2.05) is 0 Å². The molecule has 0 aliphatic carbocycles. The van der Waals surface area contributed by atoms with Crippen LogP contribution in [-0.2, 0) is 43.5 Å². The van der Waals surface area contributed by atoms with Gasteiger partial charge in [-0.1, -0.05) is 60.7 Å². The van der Waals surface area contributed by atoms with E-state index in [1.165, 1.54) is 0 Å². The maximum atomic E-state index is 11.4. The number of carbonyl (C=O) groups is 4. The Balaban J connectivity index is 0. The Labute approximate surface area is 273 Å². The van der Waals surface area contributed by atoms with E-state index in [0.717, 1.165) is 0 Å². The van der Waals surface area contributed by atoms with Crippen LogP contribution in [0.5, 0.6) is 0 Å². The molecule has 0 heterocycles. The molecule has 0 saturated heterocycles. The topological polar surface area (TPSA) is 185 Å². The third-order valence-electron chi connectivity index (χ3n) is 3.57. The molecular weight excluding hydrogens is 776 g/mol. The van der Waals surface area contributed by atoms with Gasteiger partial charge in [0, 0.05) is 16.1 Å². The summed E-state index contributed by atoms with van der Waals surface area (Å²) in [6.45, 7) is 0. The van der Waals surface area contributed by atoms with Crippen LogP contribution in [0.1, 0.15) is 0 Å². The molecule has 2 aromatic carbocycles. The Bertz CT molecular complexity index is 1200. The van der Waals surface area contributed by atoms with Gasteiger partial charge in [0.15, 0.2) is 0 Å². The zero-order chi connectivity index (χ0) is 37.9. The van der Waals surface area contributed by atoms with Crippen LogP contribution >= 0.6 is 16.1 Å². The fourth-order valence-corrected chi connectivity index (χ4v) is 3.55. The molecule has 0 aliphatic heterocycles. The molecule has 0 spiro atoms. The van der Waals surface area contributed by atoms with E-state index < -0.39 is 96.4 Å². The summed E-state index contributed by atoms with van der Waals surface area (Å²) in [4.78, 5) is 60.1. The molecule has 0 radical (unpaired) electrons. The molecule has 2 unspecified atom stereocenters. The molecule has 28 heteroatoms. The van der Waals surface area contributed by atoms with Crippen molar-refractivity contribution in [2.75, 3.05) is 0 Å². The normalized spacial score (nSPS) is 12.1. The van der Waals surface area contributed by atoms with Crippen LogP contribution in [0.4, 0.5) is 52.7 Å². The maximum absolute atomic E-state index is 11.4. The minimum atomic E-state index is -5.34. The summed E-state index contributed by atoms with van der Waals surface area (Å²) < 4.78 is 170. The van der Waals surface area contributed by atoms with Crippen LogP contribution in [0.2, 0.25) is 0 Å². The first-order valence-electron chi connectivity index (χ1n) is 11.0. The van der Waals surface area contributed by atoms with Gasteiger partial charge in [-0.15, -0.1) is 0 Å². The third-order valence-corrected chi connectivity index (χ3v) is 6.42. The molecule has 2 atom stereocenters. The fraction of sp³-hybridized carbons (Fsp3) is 0.200. The number of carbonyl (C=O) groups excluding carboxylic acids is 4. The first-order chi connectivity index (χ1) is 21.7. The molecule has 0 bridgehead atoms. The second-order valence-electron chi connectivity index (χ2n) is 7.11. The average Bonchev–Trinajstić information content (AvgIpc) is 2.97. The SMILES string of the molecule is O=C([O][Al+][O]C(=O)C(F)(F)F)C(F)(F)F.O=C([O][Al+][O]C(=O)C(F)(F)F)C(F)(F)F.O=[PH]([O-])c1ccccc1.O=[PH]([O-])c1ccccc1. The molecule has 0 amide bonds. The van der Waals surface area contributed by atoms with Crippen molar-refractivity contribution in [3.8, 4) is 0 Å². The van der Waals surface area contributed by atoms with Crippen LogP contribution in [0.25, 0.3) is 0 Å². The van der Waals surface area contributed by atoms with E-state index in [1.54, 1.807) is 60.7 Å². The number of hydrogen-bond donors (Lipinski definition) is 0. The summed E-state index contributed by atoms with van der Waals surface area (Å²) in [6.07, 6.45) is -21.3. The van der Waals surface area contributed by atoms with Gasteiger partial charge in [-0.05, 0) is 10.6 Å². The second-order valence-corrected chi connectivity index (χ2v) is 10.7.